The fourth-order valence-corrected chi connectivity index (χ4v) is 5.80. The van der Waals surface area contributed by atoms with E-state index in [-0.39, 0.29) is 6.17 Å². The van der Waals surface area contributed by atoms with Crippen molar-refractivity contribution in [3.05, 3.63) is 156 Å². The van der Waals surface area contributed by atoms with Crippen molar-refractivity contribution in [3.8, 4) is 11.1 Å². The molecule has 1 unspecified atom stereocenters. The number of nitrogens with one attached hydrogen (secondary N) is 1. The van der Waals surface area contributed by atoms with E-state index in [9.17, 15) is 0 Å². The summed E-state index contributed by atoms with van der Waals surface area (Å²) in [6.07, 6.45) is -0.292. The van der Waals surface area contributed by atoms with Crippen LogP contribution in [-0.2, 0) is 0 Å². The highest BCUT2D eigenvalue weighted by atomic mass is 16.3. The second-order valence-electron chi connectivity index (χ2n) is 10.2. The Labute approximate surface area is 237 Å². The highest BCUT2D eigenvalue weighted by molar-refractivity contribution is 6.24. The van der Waals surface area contributed by atoms with Crippen molar-refractivity contribution in [1.29, 1.82) is 0 Å². The SMILES string of the molecule is c1ccc(-c2ccc(C3=NC(c4cccc5ccccc45)=NC(c4ccccc4)N3)c3c2oc2ccccc23)cc1. The third kappa shape index (κ3) is 4.00. The van der Waals surface area contributed by atoms with E-state index in [1.54, 1.807) is 0 Å². The van der Waals surface area contributed by atoms with Crippen LogP contribution >= 0.6 is 0 Å². The molecule has 4 nitrogen and oxygen atoms in total. The molecule has 0 spiro atoms. The number of rotatable bonds is 4. The molecule has 0 saturated heterocycles. The lowest BCUT2D eigenvalue weighted by Crippen LogP contribution is -2.33. The molecule has 41 heavy (non-hydrogen) atoms. The summed E-state index contributed by atoms with van der Waals surface area (Å²) in [5.41, 5.74) is 6.94. The first kappa shape index (κ1) is 23.4. The number of hydrogen-bond donors (Lipinski definition) is 1. The number of furan rings is 1. The van der Waals surface area contributed by atoms with E-state index in [0.29, 0.717) is 5.84 Å². The van der Waals surface area contributed by atoms with Gasteiger partial charge in [-0.25, -0.2) is 9.98 Å². The van der Waals surface area contributed by atoms with E-state index in [1.807, 2.05) is 36.4 Å². The Hall–Kier alpha value is -5.48. The van der Waals surface area contributed by atoms with Crippen LogP contribution in [0.25, 0.3) is 43.8 Å². The summed E-state index contributed by atoms with van der Waals surface area (Å²) in [7, 11) is 0. The van der Waals surface area contributed by atoms with Gasteiger partial charge in [0.25, 0.3) is 0 Å². The number of para-hydroxylation sites is 1. The summed E-state index contributed by atoms with van der Waals surface area (Å²) >= 11 is 0. The van der Waals surface area contributed by atoms with Gasteiger partial charge in [-0.05, 0) is 40.1 Å². The zero-order valence-corrected chi connectivity index (χ0v) is 22.2. The molecule has 0 aliphatic carbocycles. The third-order valence-electron chi connectivity index (χ3n) is 7.75. The topological polar surface area (TPSA) is 49.9 Å². The molecule has 0 bridgehead atoms. The Morgan fingerprint density at radius 2 is 1.24 bits per heavy atom. The van der Waals surface area contributed by atoms with Gasteiger partial charge in [-0.1, -0.05) is 121 Å². The van der Waals surface area contributed by atoms with Crippen LogP contribution in [0.2, 0.25) is 0 Å². The number of amidine groups is 2. The van der Waals surface area contributed by atoms with Crippen LogP contribution in [0.3, 0.4) is 0 Å². The molecule has 1 aliphatic rings. The average Bonchev–Trinajstić information content (AvgIpc) is 3.44. The first-order valence-corrected chi connectivity index (χ1v) is 13.8. The van der Waals surface area contributed by atoms with Gasteiger partial charge in [0, 0.05) is 27.5 Å². The van der Waals surface area contributed by atoms with Crippen molar-refractivity contribution < 1.29 is 4.42 Å². The molecule has 2 heterocycles. The smallest absolute Gasteiger partial charge is 0.160 e. The van der Waals surface area contributed by atoms with E-state index in [0.717, 1.165) is 66.4 Å². The van der Waals surface area contributed by atoms with Gasteiger partial charge in [0.05, 0.1) is 0 Å². The molecule has 0 radical (unpaired) electrons. The lowest BCUT2D eigenvalue weighted by atomic mass is 9.97. The van der Waals surface area contributed by atoms with Gasteiger partial charge in [-0.2, -0.15) is 0 Å². The fourth-order valence-electron chi connectivity index (χ4n) is 5.80. The van der Waals surface area contributed by atoms with E-state index < -0.39 is 0 Å². The summed E-state index contributed by atoms with van der Waals surface area (Å²) in [4.78, 5) is 10.3. The molecular weight excluding hydrogens is 502 g/mol. The number of aliphatic imine (C=N–C) groups is 2. The molecular formula is C37H25N3O. The quantitative estimate of drug-likeness (QED) is 0.248. The zero-order chi connectivity index (χ0) is 27.2. The summed E-state index contributed by atoms with van der Waals surface area (Å²) in [5.74, 6) is 1.48. The van der Waals surface area contributed by atoms with Crippen molar-refractivity contribution in [2.75, 3.05) is 0 Å². The Morgan fingerprint density at radius 3 is 2.10 bits per heavy atom. The molecule has 7 aromatic rings. The van der Waals surface area contributed by atoms with Gasteiger partial charge in [0.2, 0.25) is 0 Å². The molecule has 1 atom stereocenters. The second-order valence-corrected chi connectivity index (χ2v) is 10.2. The number of nitrogens with zero attached hydrogens (tertiary/aromatic N) is 2. The van der Waals surface area contributed by atoms with Gasteiger partial charge in [-0.3, -0.25) is 0 Å². The van der Waals surface area contributed by atoms with Crippen LogP contribution in [0, 0.1) is 0 Å². The molecule has 1 N–H and O–H groups in total. The monoisotopic (exact) mass is 527 g/mol. The summed E-state index contributed by atoms with van der Waals surface area (Å²) in [6, 6.07) is 47.9. The average molecular weight is 528 g/mol. The van der Waals surface area contributed by atoms with Crippen molar-refractivity contribution in [2.24, 2.45) is 9.98 Å². The van der Waals surface area contributed by atoms with Crippen LogP contribution in [-0.4, -0.2) is 11.7 Å². The summed E-state index contributed by atoms with van der Waals surface area (Å²) in [6.45, 7) is 0. The molecule has 0 fully saturated rings. The van der Waals surface area contributed by atoms with Crippen molar-refractivity contribution in [3.63, 3.8) is 0 Å². The van der Waals surface area contributed by atoms with E-state index in [4.69, 9.17) is 14.4 Å². The zero-order valence-electron chi connectivity index (χ0n) is 22.2. The number of hydrogen-bond acceptors (Lipinski definition) is 4. The molecule has 0 amide bonds. The Morgan fingerprint density at radius 1 is 0.561 bits per heavy atom. The van der Waals surface area contributed by atoms with Crippen LogP contribution in [0.4, 0.5) is 0 Å². The first-order valence-electron chi connectivity index (χ1n) is 13.8. The molecule has 194 valence electrons. The minimum atomic E-state index is -0.292. The van der Waals surface area contributed by atoms with Gasteiger partial charge < -0.3 is 9.73 Å². The number of benzene rings is 6. The third-order valence-corrected chi connectivity index (χ3v) is 7.75. The Bertz CT molecular complexity index is 2120. The highest BCUT2D eigenvalue weighted by Crippen LogP contribution is 2.39. The highest BCUT2D eigenvalue weighted by Gasteiger charge is 2.25. The van der Waals surface area contributed by atoms with Crippen molar-refractivity contribution in [1.82, 2.24) is 5.32 Å². The predicted octanol–water partition coefficient (Wildman–Crippen LogP) is 8.90. The molecule has 4 heteroatoms. The molecule has 1 aromatic heterocycles. The van der Waals surface area contributed by atoms with Crippen LogP contribution in [0.1, 0.15) is 22.9 Å². The van der Waals surface area contributed by atoms with Gasteiger partial charge >= 0.3 is 0 Å². The molecule has 8 rings (SSSR count). The van der Waals surface area contributed by atoms with E-state index in [2.05, 4.69) is 108 Å². The van der Waals surface area contributed by atoms with Crippen LogP contribution < -0.4 is 5.32 Å². The maximum atomic E-state index is 6.54. The van der Waals surface area contributed by atoms with E-state index >= 15 is 0 Å². The van der Waals surface area contributed by atoms with E-state index in [1.165, 1.54) is 0 Å². The van der Waals surface area contributed by atoms with Crippen LogP contribution in [0.15, 0.2) is 154 Å². The van der Waals surface area contributed by atoms with Gasteiger partial charge in [0.15, 0.2) is 5.84 Å². The Kier molecular flexibility index (Phi) is 5.49. The fraction of sp³-hybridized carbons (Fsp3) is 0.0270. The van der Waals surface area contributed by atoms with Crippen LogP contribution in [0.5, 0.6) is 0 Å². The minimum Gasteiger partial charge on any atom is -0.455 e. The lowest BCUT2D eigenvalue weighted by molar-refractivity contribution is 0.668. The number of fused-ring (bicyclic) bond motifs is 4. The predicted molar refractivity (Wildman–Crippen MR) is 168 cm³/mol. The molecule has 0 saturated carbocycles. The maximum Gasteiger partial charge on any atom is 0.160 e. The lowest BCUT2D eigenvalue weighted by Gasteiger charge is -2.24. The maximum absolute atomic E-state index is 6.54. The first-order chi connectivity index (χ1) is 20.3. The van der Waals surface area contributed by atoms with Crippen molar-refractivity contribution in [2.45, 2.75) is 6.17 Å². The molecule has 6 aromatic carbocycles. The Balaban J connectivity index is 1.38. The second kappa shape index (κ2) is 9.61. The standard InChI is InChI=1S/C37H25N3O/c1-3-12-25(13-4-1)28-22-23-31(33-30-19-9-10-21-32(30)41-34(28)33)37-39-35(26-15-5-2-6-16-26)38-36(40-37)29-20-11-17-24-14-7-8-18-27(24)29/h1-23,35H,(H,38,39,40). The summed E-state index contributed by atoms with van der Waals surface area (Å²) in [5, 5.41) is 8.05. The minimum absolute atomic E-state index is 0.292. The van der Waals surface area contributed by atoms with Gasteiger partial charge in [0.1, 0.15) is 23.2 Å². The normalized spacial score (nSPS) is 15.1. The van der Waals surface area contributed by atoms with Crippen molar-refractivity contribution >= 4 is 44.4 Å². The van der Waals surface area contributed by atoms with Gasteiger partial charge in [-0.15, -0.1) is 0 Å². The summed E-state index contributed by atoms with van der Waals surface area (Å²) < 4.78 is 6.54. The molecule has 1 aliphatic heterocycles. The largest absolute Gasteiger partial charge is 0.455 e.